The van der Waals surface area contributed by atoms with Crippen LogP contribution in [-0.2, 0) is 20.4 Å². The average molecular weight is 964 g/mol. The van der Waals surface area contributed by atoms with Crippen LogP contribution in [0.2, 0.25) is 0 Å². The molecule has 2 aromatic carbocycles. The molecule has 376 valence electrons. The molecule has 2 spiro atoms. The fourth-order valence-corrected chi connectivity index (χ4v) is 11.9. The topological polar surface area (TPSA) is 111 Å². The summed E-state index contributed by atoms with van der Waals surface area (Å²) in [5.41, 5.74) is 8.86. The Morgan fingerprint density at radius 3 is 1.48 bits per heavy atom. The van der Waals surface area contributed by atoms with Crippen molar-refractivity contribution in [3.8, 4) is 28.1 Å². The number of benzene rings is 2. The van der Waals surface area contributed by atoms with E-state index in [0.717, 1.165) is 131 Å². The maximum absolute atomic E-state index is 13.7. The van der Waals surface area contributed by atoms with Gasteiger partial charge in [-0.15, -0.1) is 0 Å². The lowest BCUT2D eigenvalue weighted by Gasteiger charge is -2.40. The highest BCUT2D eigenvalue weighted by atomic mass is 19.1. The molecule has 5 aliphatic heterocycles. The Morgan fingerprint density at radius 2 is 1.04 bits per heavy atom. The second kappa shape index (κ2) is 21.1. The van der Waals surface area contributed by atoms with Crippen LogP contribution in [0.1, 0.15) is 105 Å². The highest BCUT2D eigenvalue weighted by Gasteiger charge is 2.53. The molecule has 4 aromatic heterocycles. The van der Waals surface area contributed by atoms with Crippen LogP contribution in [0, 0.1) is 5.95 Å². The van der Waals surface area contributed by atoms with Crippen LogP contribution in [0.15, 0.2) is 85.5 Å². The summed E-state index contributed by atoms with van der Waals surface area (Å²) < 4.78 is 19.2. The minimum atomic E-state index is -0.504. The van der Waals surface area contributed by atoms with Crippen LogP contribution in [0.25, 0.3) is 44.1 Å². The molecule has 0 saturated carbocycles. The Balaban J connectivity index is 0.000000191. The monoisotopic (exact) mass is 964 g/mol. The zero-order chi connectivity index (χ0) is 48.0. The predicted molar refractivity (Wildman–Crippen MR) is 286 cm³/mol. The van der Waals surface area contributed by atoms with Gasteiger partial charge in [0.2, 0.25) is 23.6 Å². The predicted octanol–water partition coefficient (Wildman–Crippen LogP) is 10.7. The number of nitrogens with zero attached hydrogens (tertiary/aromatic N) is 9. The van der Waals surface area contributed by atoms with Crippen LogP contribution in [0.5, 0.6) is 5.88 Å². The van der Waals surface area contributed by atoms with Gasteiger partial charge in [0.05, 0.1) is 52.2 Å². The van der Waals surface area contributed by atoms with E-state index in [1.807, 2.05) is 55.8 Å². The third kappa shape index (κ3) is 9.53. The molecular weight excluding hydrogens is 890 g/mol. The van der Waals surface area contributed by atoms with Gasteiger partial charge in [-0.05, 0) is 166 Å². The van der Waals surface area contributed by atoms with E-state index >= 15 is 0 Å². The minimum Gasteiger partial charge on any atom is -0.478 e. The van der Waals surface area contributed by atoms with Crippen molar-refractivity contribution < 1.29 is 18.7 Å². The van der Waals surface area contributed by atoms with E-state index in [1.165, 1.54) is 38.4 Å². The van der Waals surface area contributed by atoms with Crippen molar-refractivity contribution in [3.63, 3.8) is 0 Å². The van der Waals surface area contributed by atoms with Gasteiger partial charge in [0.25, 0.3) is 0 Å². The average Bonchev–Trinajstić information content (AvgIpc) is 3.71. The van der Waals surface area contributed by atoms with E-state index in [4.69, 9.17) is 9.72 Å². The summed E-state index contributed by atoms with van der Waals surface area (Å²) in [6, 6.07) is 20.5. The molecule has 6 aromatic rings. The Morgan fingerprint density at radius 1 is 0.577 bits per heavy atom. The smallest absolute Gasteiger partial charge is 0.237 e. The fourth-order valence-electron chi connectivity index (χ4n) is 11.9. The van der Waals surface area contributed by atoms with Crippen LogP contribution >= 0.6 is 0 Å². The molecule has 0 radical (unpaired) electrons. The van der Waals surface area contributed by atoms with Crippen molar-refractivity contribution >= 4 is 45.0 Å². The van der Waals surface area contributed by atoms with E-state index in [0.29, 0.717) is 24.6 Å². The number of aromatic nitrogens is 4. The summed E-state index contributed by atoms with van der Waals surface area (Å²) in [5, 5.41) is 2.09. The highest BCUT2D eigenvalue weighted by Crippen LogP contribution is 2.52. The molecule has 3 saturated heterocycles. The summed E-state index contributed by atoms with van der Waals surface area (Å²) in [4.78, 5) is 56.0. The largest absolute Gasteiger partial charge is 0.478 e. The number of pyridine rings is 4. The molecule has 0 N–H and O–H groups in total. The van der Waals surface area contributed by atoms with Gasteiger partial charge in [-0.3, -0.25) is 19.6 Å². The Bertz CT molecular complexity index is 2850. The van der Waals surface area contributed by atoms with E-state index < -0.39 is 16.8 Å². The summed E-state index contributed by atoms with van der Waals surface area (Å²) >= 11 is 0. The molecule has 0 aliphatic carbocycles. The number of piperidine rings is 3. The van der Waals surface area contributed by atoms with Crippen molar-refractivity contribution in [1.29, 1.82) is 0 Å². The number of amides is 2. The van der Waals surface area contributed by atoms with Gasteiger partial charge in [-0.1, -0.05) is 33.4 Å². The quantitative estimate of drug-likeness (QED) is 0.103. The highest BCUT2D eigenvalue weighted by molar-refractivity contribution is 6.13. The van der Waals surface area contributed by atoms with Gasteiger partial charge >= 0.3 is 0 Å². The Hall–Kier alpha value is -5.89. The minimum absolute atomic E-state index is 0. The maximum atomic E-state index is 13.7. The van der Waals surface area contributed by atoms with Gasteiger partial charge in [0, 0.05) is 84.2 Å². The number of anilines is 2. The van der Waals surface area contributed by atoms with Crippen LogP contribution in [0.3, 0.4) is 0 Å². The molecule has 2 amide bonds. The standard InChI is InChI=1S/C32H41N5O2.C24H25FN4O.2CH4/c1-23(2)37-17-12-32(13-18-37)30-26-20-24(8-10-27(26)33-22-28(30)35(3)31(32)38)25-9-11-29(34-21-25)39-19-7-16-36-14-5-4-6-15-36;1-15(2)29-10-8-24(9-11-29)22-18-12-16(17-5-7-21(25)27-13-17)4-6-19(18)26-14-20(22)28(3)23(24)30;;/h8-11,20-23H,4-7,12-19H2,1-3H3;4-7,12-15H,8-11H2,1-3H3;2*1H4. The molecule has 0 atom stereocenters. The van der Waals surface area contributed by atoms with Crippen LogP contribution in [-0.4, -0.2) is 125 Å². The van der Waals surface area contributed by atoms with E-state index in [2.05, 4.69) is 87.7 Å². The fraction of sp³-hybridized carbons (Fsp3) is 0.483. The summed E-state index contributed by atoms with van der Waals surface area (Å²) in [7, 11) is 3.75. The second-order valence-corrected chi connectivity index (χ2v) is 20.5. The molecule has 3 fully saturated rings. The lowest BCUT2D eigenvalue weighted by Crippen LogP contribution is -2.49. The van der Waals surface area contributed by atoms with Gasteiger partial charge in [-0.25, -0.2) is 9.97 Å². The third-order valence-electron chi connectivity index (χ3n) is 16.0. The van der Waals surface area contributed by atoms with E-state index in [1.54, 1.807) is 17.2 Å². The second-order valence-electron chi connectivity index (χ2n) is 20.5. The Labute approximate surface area is 420 Å². The zero-order valence-electron chi connectivity index (χ0n) is 41.2. The number of hydrogen-bond donors (Lipinski definition) is 0. The number of ether oxygens (including phenoxy) is 1. The van der Waals surface area contributed by atoms with Crippen LogP contribution < -0.4 is 14.5 Å². The maximum Gasteiger partial charge on any atom is 0.237 e. The lowest BCUT2D eigenvalue weighted by atomic mass is 9.72. The molecule has 12 nitrogen and oxygen atoms in total. The number of hydrogen-bond acceptors (Lipinski definition) is 10. The molecule has 5 aliphatic rings. The van der Waals surface area contributed by atoms with Crippen molar-refractivity contribution in [2.45, 2.75) is 117 Å². The van der Waals surface area contributed by atoms with Gasteiger partial charge < -0.3 is 29.2 Å². The zero-order valence-corrected chi connectivity index (χ0v) is 41.2. The summed E-state index contributed by atoms with van der Waals surface area (Å²) in [6.07, 6.45) is 15.5. The first-order valence-electron chi connectivity index (χ1n) is 25.2. The summed E-state index contributed by atoms with van der Waals surface area (Å²) in [5.74, 6) is 0.558. The molecule has 0 bridgehead atoms. The van der Waals surface area contributed by atoms with Gasteiger partial charge in [-0.2, -0.15) is 4.39 Å². The van der Waals surface area contributed by atoms with Crippen molar-refractivity contribution in [1.82, 2.24) is 34.6 Å². The molecule has 9 heterocycles. The number of likely N-dealkylation sites (N-methyl/N-ethyl adjacent to an activating group) is 2. The number of rotatable bonds is 9. The van der Waals surface area contributed by atoms with E-state index in [9.17, 15) is 14.0 Å². The van der Waals surface area contributed by atoms with Crippen molar-refractivity contribution in [2.24, 2.45) is 0 Å². The van der Waals surface area contributed by atoms with Gasteiger partial charge in [0.15, 0.2) is 0 Å². The number of fused-ring (bicyclic) bond motifs is 8. The normalized spacial score (nSPS) is 18.7. The molecule has 11 rings (SSSR count). The first-order valence-corrected chi connectivity index (χ1v) is 25.2. The number of carbonyl (C=O) groups is 2. The first kappa shape index (κ1) is 51.5. The molecule has 13 heteroatoms. The van der Waals surface area contributed by atoms with E-state index in [-0.39, 0.29) is 26.7 Å². The van der Waals surface area contributed by atoms with Crippen molar-refractivity contribution in [3.05, 3.63) is 103 Å². The third-order valence-corrected chi connectivity index (χ3v) is 16.0. The summed E-state index contributed by atoms with van der Waals surface area (Å²) in [6.45, 7) is 16.8. The molecular formula is C58H74FN9O3. The lowest BCUT2D eigenvalue weighted by molar-refractivity contribution is -0.125. The SMILES string of the molecule is C.C.CC(C)N1CCC2(CC1)C(=O)N(C)c1cnc3ccc(-c4ccc(F)nc4)cc3c12.CC(C)N1CCC2(CC1)C(=O)N(C)c1cnc3ccc(-c4ccc(OCCCN5CCCCC5)nc4)cc3c12. The van der Waals surface area contributed by atoms with Crippen LogP contribution in [0.4, 0.5) is 15.8 Å². The number of carbonyl (C=O) groups excluding carboxylic acids is 2. The number of halogens is 1. The first-order chi connectivity index (χ1) is 33.4. The molecule has 71 heavy (non-hydrogen) atoms. The Kier molecular flexibility index (Phi) is 15.3. The number of likely N-dealkylation sites (tertiary alicyclic amines) is 3. The molecule has 0 unspecified atom stereocenters. The van der Waals surface area contributed by atoms with Gasteiger partial charge in [0.1, 0.15) is 0 Å². The van der Waals surface area contributed by atoms with Crippen molar-refractivity contribution in [2.75, 3.05) is 76.3 Å².